The van der Waals surface area contributed by atoms with E-state index in [-0.39, 0.29) is 29.9 Å². The maximum Gasteiger partial charge on any atom is 0.320 e. The molecular weight excluding hydrogens is 452 g/mol. The number of methoxy groups -OCH3 is 1. The van der Waals surface area contributed by atoms with Gasteiger partial charge in [-0.1, -0.05) is 6.07 Å². The number of nitrogens with zero attached hydrogens (tertiary/aromatic N) is 3. The summed E-state index contributed by atoms with van der Waals surface area (Å²) in [5.74, 6) is 2.27. The Morgan fingerprint density at radius 3 is 2.78 bits per heavy atom. The first-order valence-corrected chi connectivity index (χ1v) is 14.2. The van der Waals surface area contributed by atoms with Crippen molar-refractivity contribution in [2.45, 2.75) is 68.9 Å². The van der Waals surface area contributed by atoms with Crippen LogP contribution >= 0.6 is 0 Å². The van der Waals surface area contributed by atoms with Crippen molar-refractivity contribution in [3.05, 3.63) is 29.3 Å². The molecule has 7 nitrogen and oxygen atoms in total. The van der Waals surface area contributed by atoms with E-state index >= 15 is 0 Å². The fourth-order valence-corrected chi connectivity index (χ4v) is 9.51. The van der Waals surface area contributed by atoms with Gasteiger partial charge in [0, 0.05) is 44.2 Å². The number of hydrogen-bond donors (Lipinski definition) is 1. The standard InChI is InChI=1S/C29H40N4O3/c1-31(27(35)33-14-12-30-26(34)18-33)24-8-10-28-9-7-22(24)29(28)11-13-32(17-19-3-4-19)25(28)15-20-5-6-21(36-2)16-23(20)29/h5-6,16,19,22,24-25H,3-4,7-15,17-18H2,1-2H3,(H,30,34). The lowest BCUT2D eigenvalue weighted by molar-refractivity contribution is -0.123. The summed E-state index contributed by atoms with van der Waals surface area (Å²) in [5, 5.41) is 2.85. The summed E-state index contributed by atoms with van der Waals surface area (Å²) >= 11 is 0. The minimum atomic E-state index is -0.0516. The van der Waals surface area contributed by atoms with Crippen molar-refractivity contribution in [3.63, 3.8) is 0 Å². The molecule has 4 bridgehead atoms. The lowest BCUT2D eigenvalue weighted by Gasteiger charge is -2.67. The smallest absolute Gasteiger partial charge is 0.320 e. The van der Waals surface area contributed by atoms with Gasteiger partial charge >= 0.3 is 6.03 Å². The molecule has 5 fully saturated rings. The van der Waals surface area contributed by atoms with Gasteiger partial charge in [0.1, 0.15) is 12.3 Å². The Kier molecular flexibility index (Phi) is 5.15. The Balaban J connectivity index is 1.28. The molecule has 2 aliphatic heterocycles. The quantitative estimate of drug-likeness (QED) is 0.702. The van der Waals surface area contributed by atoms with E-state index < -0.39 is 0 Å². The predicted octanol–water partition coefficient (Wildman–Crippen LogP) is 3.02. The molecule has 0 aromatic heterocycles. The zero-order valence-electron chi connectivity index (χ0n) is 21.8. The molecular formula is C29H40N4O3. The van der Waals surface area contributed by atoms with Crippen LogP contribution in [0.25, 0.3) is 0 Å². The molecule has 2 heterocycles. The van der Waals surface area contributed by atoms with Crippen LogP contribution in [0.1, 0.15) is 56.1 Å². The highest BCUT2D eigenvalue weighted by Gasteiger charge is 2.72. The first-order chi connectivity index (χ1) is 17.5. The van der Waals surface area contributed by atoms with Crippen LogP contribution in [-0.2, 0) is 16.6 Å². The number of fused-ring (bicyclic) bond motifs is 1. The SMILES string of the molecule is COc1ccc2c(c1)C13CCN(CC4CC4)C(C2)C12CCC(N(C)C(=O)N1CCNC(=O)C1)C3CC2. The summed E-state index contributed by atoms with van der Waals surface area (Å²) in [6.07, 6.45) is 9.87. The lowest BCUT2D eigenvalue weighted by Crippen LogP contribution is -2.70. The van der Waals surface area contributed by atoms with Gasteiger partial charge in [0.2, 0.25) is 5.91 Å². The molecule has 3 amide bonds. The van der Waals surface area contributed by atoms with E-state index in [0.717, 1.165) is 24.5 Å². The molecule has 5 unspecified atom stereocenters. The molecule has 1 aromatic rings. The molecule has 2 saturated heterocycles. The molecule has 36 heavy (non-hydrogen) atoms. The van der Waals surface area contributed by atoms with Crippen molar-refractivity contribution in [2.24, 2.45) is 17.3 Å². The summed E-state index contributed by atoms with van der Waals surface area (Å²) in [7, 11) is 3.77. The van der Waals surface area contributed by atoms with E-state index in [9.17, 15) is 9.59 Å². The second-order valence-corrected chi connectivity index (χ2v) is 12.5. The summed E-state index contributed by atoms with van der Waals surface area (Å²) < 4.78 is 5.75. The van der Waals surface area contributed by atoms with Crippen LogP contribution < -0.4 is 10.1 Å². The van der Waals surface area contributed by atoms with Crippen molar-refractivity contribution in [3.8, 4) is 5.75 Å². The van der Waals surface area contributed by atoms with E-state index in [1.54, 1.807) is 12.0 Å². The Morgan fingerprint density at radius 1 is 1.17 bits per heavy atom. The molecule has 6 aliphatic rings. The fraction of sp³-hybridized carbons (Fsp3) is 0.724. The van der Waals surface area contributed by atoms with E-state index in [2.05, 4.69) is 28.4 Å². The zero-order valence-corrected chi connectivity index (χ0v) is 21.8. The van der Waals surface area contributed by atoms with Crippen molar-refractivity contribution in [1.82, 2.24) is 20.0 Å². The molecule has 3 saturated carbocycles. The second kappa shape index (κ2) is 8.11. The van der Waals surface area contributed by atoms with Crippen molar-refractivity contribution < 1.29 is 14.3 Å². The lowest BCUT2D eigenvalue weighted by atomic mass is 9.43. The molecule has 4 aliphatic carbocycles. The average molecular weight is 493 g/mol. The Hall–Kier alpha value is -2.28. The van der Waals surface area contributed by atoms with E-state index in [1.807, 2.05) is 11.9 Å². The van der Waals surface area contributed by atoms with Gasteiger partial charge in [0.15, 0.2) is 0 Å². The molecule has 5 atom stereocenters. The number of carbonyl (C=O) groups is 2. The van der Waals surface area contributed by atoms with Crippen LogP contribution in [0.3, 0.4) is 0 Å². The number of likely N-dealkylation sites (tertiary alicyclic amines) is 1. The van der Waals surface area contributed by atoms with E-state index in [1.165, 1.54) is 62.7 Å². The monoisotopic (exact) mass is 492 g/mol. The Morgan fingerprint density at radius 2 is 2.00 bits per heavy atom. The van der Waals surface area contributed by atoms with Gasteiger partial charge in [0.05, 0.1) is 7.11 Å². The summed E-state index contributed by atoms with van der Waals surface area (Å²) in [5.41, 5.74) is 3.44. The number of piperazine rings is 1. The minimum absolute atomic E-state index is 0.0232. The summed E-state index contributed by atoms with van der Waals surface area (Å²) in [6.45, 7) is 3.77. The van der Waals surface area contributed by atoms with E-state index in [4.69, 9.17) is 4.74 Å². The molecule has 194 valence electrons. The van der Waals surface area contributed by atoms with Crippen molar-refractivity contribution >= 4 is 11.9 Å². The van der Waals surface area contributed by atoms with Crippen molar-refractivity contribution in [1.29, 1.82) is 0 Å². The van der Waals surface area contributed by atoms with Crippen LogP contribution in [0.2, 0.25) is 0 Å². The number of carbonyl (C=O) groups excluding carboxylic acids is 2. The van der Waals surface area contributed by atoms with E-state index in [0.29, 0.717) is 30.5 Å². The number of benzene rings is 1. The number of hydrogen-bond acceptors (Lipinski definition) is 4. The fourth-order valence-electron chi connectivity index (χ4n) is 9.51. The number of piperidine rings is 1. The third-order valence-electron chi connectivity index (χ3n) is 11.2. The number of nitrogens with one attached hydrogen (secondary N) is 1. The second-order valence-electron chi connectivity index (χ2n) is 12.5. The van der Waals surface area contributed by atoms with Gasteiger partial charge in [0.25, 0.3) is 0 Å². The normalized spacial score (nSPS) is 37.1. The summed E-state index contributed by atoms with van der Waals surface area (Å²) in [4.78, 5) is 32.3. The Labute approximate surface area is 214 Å². The summed E-state index contributed by atoms with van der Waals surface area (Å²) in [6, 6.07) is 7.69. The van der Waals surface area contributed by atoms with Crippen LogP contribution in [0.15, 0.2) is 18.2 Å². The highest BCUT2D eigenvalue weighted by Crippen LogP contribution is 2.72. The van der Waals surface area contributed by atoms with Crippen LogP contribution in [0.5, 0.6) is 5.75 Å². The van der Waals surface area contributed by atoms with Gasteiger partial charge in [-0.25, -0.2) is 4.79 Å². The molecule has 7 heteroatoms. The highest BCUT2D eigenvalue weighted by molar-refractivity contribution is 5.85. The van der Waals surface area contributed by atoms with Gasteiger partial charge in [-0.2, -0.15) is 0 Å². The molecule has 0 radical (unpaired) electrons. The van der Waals surface area contributed by atoms with Gasteiger partial charge in [-0.15, -0.1) is 0 Å². The number of urea groups is 1. The van der Waals surface area contributed by atoms with Crippen LogP contribution in [0.4, 0.5) is 4.79 Å². The minimum Gasteiger partial charge on any atom is -0.497 e. The predicted molar refractivity (Wildman–Crippen MR) is 137 cm³/mol. The highest BCUT2D eigenvalue weighted by atomic mass is 16.5. The maximum atomic E-state index is 13.6. The number of rotatable bonds is 4. The third-order valence-corrected chi connectivity index (χ3v) is 11.2. The first-order valence-electron chi connectivity index (χ1n) is 14.2. The largest absolute Gasteiger partial charge is 0.497 e. The molecule has 7 rings (SSSR count). The average Bonchev–Trinajstić information content (AvgIpc) is 3.68. The topological polar surface area (TPSA) is 65.1 Å². The number of ether oxygens (including phenoxy) is 1. The number of amides is 3. The molecule has 1 N–H and O–H groups in total. The first kappa shape index (κ1) is 22.9. The van der Waals surface area contributed by atoms with Crippen LogP contribution in [0, 0.1) is 17.3 Å². The van der Waals surface area contributed by atoms with Gasteiger partial charge in [-0.3, -0.25) is 9.69 Å². The van der Waals surface area contributed by atoms with Gasteiger partial charge in [-0.05, 0) is 98.4 Å². The third kappa shape index (κ3) is 3.07. The Bertz CT molecular complexity index is 1090. The zero-order chi connectivity index (χ0) is 24.7. The molecule has 1 aromatic carbocycles. The van der Waals surface area contributed by atoms with Gasteiger partial charge < -0.3 is 19.9 Å². The van der Waals surface area contributed by atoms with Crippen LogP contribution in [-0.4, -0.2) is 85.6 Å². The maximum absolute atomic E-state index is 13.6. The molecule has 0 spiro atoms. The van der Waals surface area contributed by atoms with Crippen molar-refractivity contribution in [2.75, 3.05) is 46.9 Å².